The lowest BCUT2D eigenvalue weighted by Crippen LogP contribution is -2.16. The van der Waals surface area contributed by atoms with Gasteiger partial charge in [0.05, 0.1) is 0 Å². The third-order valence-corrected chi connectivity index (χ3v) is 9.43. The van der Waals surface area contributed by atoms with Crippen LogP contribution in [0.3, 0.4) is 0 Å². The highest BCUT2D eigenvalue weighted by Gasteiger charge is 2.30. The Kier molecular flexibility index (Phi) is 8.24. The molecule has 0 aromatic heterocycles. The van der Waals surface area contributed by atoms with Crippen LogP contribution in [0, 0.1) is 20.8 Å². The number of hydrogen-bond acceptors (Lipinski definition) is 10. The minimum atomic E-state index is -4.68. The van der Waals surface area contributed by atoms with E-state index in [4.69, 9.17) is 12.5 Å². The summed E-state index contributed by atoms with van der Waals surface area (Å²) in [6.45, 7) is 5.22. The van der Waals surface area contributed by atoms with Crippen molar-refractivity contribution in [1.29, 1.82) is 0 Å². The van der Waals surface area contributed by atoms with Crippen LogP contribution in [-0.4, -0.2) is 31.5 Å². The van der Waals surface area contributed by atoms with Crippen molar-refractivity contribution in [2.24, 2.45) is 0 Å². The van der Waals surface area contributed by atoms with E-state index in [-0.39, 0.29) is 26.5 Å². The molecule has 0 N–H and O–H groups in total. The quantitative estimate of drug-likeness (QED) is 0.181. The van der Waals surface area contributed by atoms with Crippen molar-refractivity contribution >= 4 is 36.6 Å². The van der Waals surface area contributed by atoms with E-state index in [0.717, 1.165) is 28.8 Å². The lowest BCUT2D eigenvalue weighted by molar-refractivity contribution is 0.112. The van der Waals surface area contributed by atoms with E-state index >= 15 is 0 Å². The average Bonchev–Trinajstić information content (AvgIpc) is 2.90. The Morgan fingerprint density at radius 3 is 1.07 bits per heavy atom. The third kappa shape index (κ3) is 6.93. The Morgan fingerprint density at radius 1 is 0.488 bits per heavy atom. The van der Waals surface area contributed by atoms with Crippen molar-refractivity contribution in [3.8, 4) is 17.2 Å². The Morgan fingerprint density at radius 2 is 0.780 bits per heavy atom. The second-order valence-corrected chi connectivity index (χ2v) is 13.7. The molecule has 214 valence electrons. The highest BCUT2D eigenvalue weighted by molar-refractivity contribution is 7.87. The van der Waals surface area contributed by atoms with Crippen LogP contribution in [0.5, 0.6) is 17.2 Å². The lowest BCUT2D eigenvalue weighted by atomic mass is 10.2. The fourth-order valence-electron chi connectivity index (χ4n) is 3.48. The summed E-state index contributed by atoms with van der Waals surface area (Å²) in [6, 6.07) is 18.4. The number of carbonyl (C=O) groups excluding carboxylic acids is 1. The Hall–Kier alpha value is -4.20. The van der Waals surface area contributed by atoms with E-state index in [2.05, 4.69) is 0 Å². The second-order valence-electron chi connectivity index (χ2n) is 9.02. The van der Waals surface area contributed by atoms with E-state index < -0.39 is 47.6 Å². The molecule has 4 rings (SSSR count). The molecule has 0 aliphatic heterocycles. The van der Waals surface area contributed by atoms with Gasteiger partial charge in [-0.3, -0.25) is 4.79 Å². The fourth-order valence-corrected chi connectivity index (χ4v) is 6.28. The molecule has 0 saturated carbocycles. The van der Waals surface area contributed by atoms with Crippen LogP contribution >= 0.6 is 0 Å². The van der Waals surface area contributed by atoms with Gasteiger partial charge in [0, 0.05) is 5.56 Å². The largest absolute Gasteiger partial charge is 0.375 e. The number of aldehydes is 1. The summed E-state index contributed by atoms with van der Waals surface area (Å²) in [5.74, 6) is -2.48. The first kappa shape index (κ1) is 29.8. The van der Waals surface area contributed by atoms with E-state index in [1.807, 2.05) is 0 Å². The molecule has 0 bridgehead atoms. The second kappa shape index (κ2) is 11.4. The Bertz CT molecular complexity index is 1810. The average molecular weight is 617 g/mol. The first-order chi connectivity index (χ1) is 19.2. The molecule has 0 aliphatic rings. The standard InChI is InChI=1S/C28H24O10S3/c1-19-4-10-23(11-5-19)39(30,31)36-26-16-22(18-29)17-27(37-40(32,33)24-12-6-20(2)7-13-24)28(26)38-41(34,35)25-14-8-21(3)9-15-25/h4-18H,1-3H3. The van der Waals surface area contributed by atoms with Gasteiger partial charge in [0.15, 0.2) is 11.5 Å². The molecule has 4 aromatic carbocycles. The molecule has 0 unspecified atom stereocenters. The monoisotopic (exact) mass is 616 g/mol. The summed E-state index contributed by atoms with van der Waals surface area (Å²) in [7, 11) is -13.9. The molecule has 0 heterocycles. The molecule has 0 atom stereocenters. The summed E-state index contributed by atoms with van der Waals surface area (Å²) in [5, 5.41) is 0. The van der Waals surface area contributed by atoms with Crippen LogP contribution in [0.15, 0.2) is 99.6 Å². The van der Waals surface area contributed by atoms with E-state index in [1.165, 1.54) is 72.8 Å². The normalized spacial score (nSPS) is 12.0. The molecule has 13 heteroatoms. The summed E-state index contributed by atoms with van der Waals surface area (Å²) < 4.78 is 94.6. The topological polar surface area (TPSA) is 147 Å². The van der Waals surface area contributed by atoms with Gasteiger partial charge in [-0.05, 0) is 69.3 Å². The molecule has 0 saturated heterocycles. The summed E-state index contributed by atoms with van der Waals surface area (Å²) in [6.07, 6.45) is 0.273. The van der Waals surface area contributed by atoms with Crippen LogP contribution in [0.25, 0.3) is 0 Å². The minimum absolute atomic E-state index is 0.273. The summed E-state index contributed by atoms with van der Waals surface area (Å²) in [5.41, 5.74) is 1.99. The van der Waals surface area contributed by atoms with Gasteiger partial charge in [-0.1, -0.05) is 53.1 Å². The molecule has 0 fully saturated rings. The molecule has 0 radical (unpaired) electrons. The van der Waals surface area contributed by atoms with Crippen molar-refractivity contribution < 1.29 is 42.6 Å². The number of carbonyl (C=O) groups is 1. The van der Waals surface area contributed by atoms with E-state index in [1.54, 1.807) is 20.8 Å². The SMILES string of the molecule is Cc1ccc(S(=O)(=O)Oc2cc(C=O)cc(OS(=O)(=O)c3ccc(C)cc3)c2OS(=O)(=O)c2ccc(C)cc2)cc1. The van der Waals surface area contributed by atoms with Crippen LogP contribution in [0.1, 0.15) is 27.0 Å². The fraction of sp³-hybridized carbons (Fsp3) is 0.107. The maximum absolute atomic E-state index is 13.2. The smallest absolute Gasteiger partial charge is 0.339 e. The zero-order valence-electron chi connectivity index (χ0n) is 22.0. The molecule has 4 aromatic rings. The number of hydrogen-bond donors (Lipinski definition) is 0. The zero-order chi connectivity index (χ0) is 30.0. The summed E-state index contributed by atoms with van der Waals surface area (Å²) >= 11 is 0. The first-order valence-electron chi connectivity index (χ1n) is 11.9. The lowest BCUT2D eigenvalue weighted by Gasteiger charge is -2.17. The van der Waals surface area contributed by atoms with E-state index in [0.29, 0.717) is 0 Å². The highest BCUT2D eigenvalue weighted by Crippen LogP contribution is 2.43. The molecular weight excluding hydrogens is 592 g/mol. The Balaban J connectivity index is 1.89. The predicted octanol–water partition coefficient (Wildman–Crippen LogP) is 4.73. The maximum Gasteiger partial charge on any atom is 0.339 e. The zero-order valence-corrected chi connectivity index (χ0v) is 24.4. The summed E-state index contributed by atoms with van der Waals surface area (Å²) in [4.78, 5) is 10.8. The van der Waals surface area contributed by atoms with Crippen LogP contribution in [0.4, 0.5) is 0 Å². The molecule has 41 heavy (non-hydrogen) atoms. The molecule has 0 amide bonds. The minimum Gasteiger partial charge on any atom is -0.375 e. The van der Waals surface area contributed by atoms with Crippen molar-refractivity contribution in [1.82, 2.24) is 0 Å². The van der Waals surface area contributed by atoms with Crippen LogP contribution < -0.4 is 12.5 Å². The van der Waals surface area contributed by atoms with Gasteiger partial charge in [-0.15, -0.1) is 0 Å². The van der Waals surface area contributed by atoms with Crippen LogP contribution in [-0.2, 0) is 30.4 Å². The van der Waals surface area contributed by atoms with Gasteiger partial charge < -0.3 is 12.5 Å². The van der Waals surface area contributed by atoms with Gasteiger partial charge in [-0.2, -0.15) is 25.3 Å². The Labute approximate surface area is 238 Å². The predicted molar refractivity (Wildman–Crippen MR) is 149 cm³/mol. The van der Waals surface area contributed by atoms with Crippen molar-refractivity contribution in [2.45, 2.75) is 35.5 Å². The molecule has 0 spiro atoms. The van der Waals surface area contributed by atoms with Gasteiger partial charge in [-0.25, -0.2) is 0 Å². The van der Waals surface area contributed by atoms with Gasteiger partial charge >= 0.3 is 30.4 Å². The third-order valence-electron chi connectivity index (χ3n) is 5.70. The first-order valence-corrected chi connectivity index (χ1v) is 16.1. The molecule has 0 aliphatic carbocycles. The number of benzene rings is 4. The van der Waals surface area contributed by atoms with E-state index in [9.17, 15) is 30.0 Å². The molecule has 10 nitrogen and oxygen atoms in total. The molecular formula is C28H24O10S3. The van der Waals surface area contributed by atoms with Crippen molar-refractivity contribution in [2.75, 3.05) is 0 Å². The van der Waals surface area contributed by atoms with Crippen molar-refractivity contribution in [3.05, 3.63) is 107 Å². The van der Waals surface area contributed by atoms with Gasteiger partial charge in [0.1, 0.15) is 21.0 Å². The van der Waals surface area contributed by atoms with Gasteiger partial charge in [0.25, 0.3) is 0 Å². The maximum atomic E-state index is 13.2. The van der Waals surface area contributed by atoms with Gasteiger partial charge in [0.2, 0.25) is 5.75 Å². The number of aryl methyl sites for hydroxylation is 3. The number of rotatable bonds is 10. The highest BCUT2D eigenvalue weighted by atomic mass is 32.2. The van der Waals surface area contributed by atoms with Crippen LogP contribution in [0.2, 0.25) is 0 Å². The van der Waals surface area contributed by atoms with Crippen molar-refractivity contribution in [3.63, 3.8) is 0 Å².